The van der Waals surface area contributed by atoms with Crippen LogP contribution >= 0.6 is 0 Å². The Morgan fingerprint density at radius 2 is 2.08 bits per heavy atom. The van der Waals surface area contributed by atoms with Crippen LogP contribution in [-0.4, -0.2) is 38.4 Å². The van der Waals surface area contributed by atoms with Gasteiger partial charge in [-0.05, 0) is 31.4 Å². The summed E-state index contributed by atoms with van der Waals surface area (Å²) in [6.07, 6.45) is 2.75. The smallest absolute Gasteiger partial charge is 0.251 e. The van der Waals surface area contributed by atoms with E-state index in [0.717, 1.165) is 29.9 Å². The highest BCUT2D eigenvalue weighted by molar-refractivity contribution is 5.73. The van der Waals surface area contributed by atoms with Crippen LogP contribution in [0.4, 0.5) is 0 Å². The van der Waals surface area contributed by atoms with Gasteiger partial charge in [0.25, 0.3) is 5.56 Å². The van der Waals surface area contributed by atoms with E-state index in [1.54, 1.807) is 19.2 Å². The predicted molar refractivity (Wildman–Crippen MR) is 89.6 cm³/mol. The number of amides is 1. The van der Waals surface area contributed by atoms with E-state index in [-0.39, 0.29) is 17.4 Å². The molecule has 0 unspecified atom stereocenters. The number of hydrogen-bond acceptors (Lipinski definition) is 4. The van der Waals surface area contributed by atoms with Crippen LogP contribution < -0.4 is 5.56 Å². The average Bonchev–Trinajstić information content (AvgIpc) is 2.55. The molecule has 1 fully saturated rings. The first kappa shape index (κ1) is 15.1. The summed E-state index contributed by atoms with van der Waals surface area (Å²) >= 11 is 0. The zero-order chi connectivity index (χ0) is 16.8. The van der Waals surface area contributed by atoms with Crippen LogP contribution in [0.2, 0.25) is 0 Å². The third-order valence-corrected chi connectivity index (χ3v) is 5.07. The lowest BCUT2D eigenvalue weighted by atomic mass is 9.82. The first-order chi connectivity index (χ1) is 11.5. The maximum atomic E-state index is 12.6. The summed E-state index contributed by atoms with van der Waals surface area (Å²) in [4.78, 5) is 34.9. The fourth-order valence-corrected chi connectivity index (χ4v) is 3.98. The second-order valence-corrected chi connectivity index (χ2v) is 6.83. The van der Waals surface area contributed by atoms with Gasteiger partial charge in [0.2, 0.25) is 5.91 Å². The molecule has 124 valence electrons. The van der Waals surface area contributed by atoms with Crippen LogP contribution in [0.1, 0.15) is 30.8 Å². The molecule has 0 spiro atoms. The molecule has 0 radical (unpaired) electrons. The highest BCUT2D eigenvalue weighted by atomic mass is 16.2. The lowest BCUT2D eigenvalue weighted by molar-refractivity contribution is -0.131. The molecule has 0 N–H and O–H groups in total. The molecule has 2 aliphatic rings. The SMILES string of the molecule is CC(=O)N1C[C@@H]2C[C@H](C1)c1cc(-c3ccnc(C)n3)cc(=O)n1C2. The number of aryl methyl sites for hydroxylation is 1. The van der Waals surface area contributed by atoms with Crippen molar-refractivity contribution in [3.8, 4) is 11.3 Å². The van der Waals surface area contributed by atoms with Crippen LogP contribution in [0.5, 0.6) is 0 Å². The zero-order valence-electron chi connectivity index (χ0n) is 13.9. The molecule has 6 nitrogen and oxygen atoms in total. The Bertz CT molecular complexity index is 874. The van der Waals surface area contributed by atoms with Gasteiger partial charge < -0.3 is 9.47 Å². The van der Waals surface area contributed by atoms with E-state index in [9.17, 15) is 9.59 Å². The van der Waals surface area contributed by atoms with E-state index in [1.165, 1.54) is 0 Å². The predicted octanol–water partition coefficient (Wildman–Crippen LogP) is 1.58. The lowest BCUT2D eigenvalue weighted by Crippen LogP contribution is -2.48. The lowest BCUT2D eigenvalue weighted by Gasteiger charge is -2.42. The minimum absolute atomic E-state index is 0.0183. The molecule has 0 aliphatic carbocycles. The first-order valence-electron chi connectivity index (χ1n) is 8.31. The van der Waals surface area contributed by atoms with Crippen molar-refractivity contribution in [2.24, 2.45) is 5.92 Å². The third-order valence-electron chi connectivity index (χ3n) is 5.07. The molecular weight excluding hydrogens is 304 g/mol. The van der Waals surface area contributed by atoms with Crippen LogP contribution in [-0.2, 0) is 11.3 Å². The zero-order valence-corrected chi connectivity index (χ0v) is 13.9. The Balaban J connectivity index is 1.79. The fourth-order valence-electron chi connectivity index (χ4n) is 3.98. The van der Waals surface area contributed by atoms with Gasteiger partial charge in [-0.3, -0.25) is 9.59 Å². The number of carbonyl (C=O) groups excluding carboxylic acids is 1. The number of fused-ring (bicyclic) bond motifs is 4. The largest absolute Gasteiger partial charge is 0.342 e. The maximum absolute atomic E-state index is 12.6. The van der Waals surface area contributed by atoms with Crippen LogP contribution in [0, 0.1) is 12.8 Å². The summed E-state index contributed by atoms with van der Waals surface area (Å²) in [6, 6.07) is 5.55. The van der Waals surface area contributed by atoms with Gasteiger partial charge in [0.05, 0.1) is 5.69 Å². The molecule has 2 aliphatic heterocycles. The highest BCUT2D eigenvalue weighted by Crippen LogP contribution is 2.36. The summed E-state index contributed by atoms with van der Waals surface area (Å²) in [7, 11) is 0. The van der Waals surface area contributed by atoms with Crippen LogP contribution in [0.25, 0.3) is 11.3 Å². The Kier molecular flexibility index (Phi) is 3.48. The number of aromatic nitrogens is 3. The van der Waals surface area contributed by atoms with Crippen molar-refractivity contribution in [1.82, 2.24) is 19.4 Å². The molecular formula is C18H20N4O2. The normalized spacial score (nSPS) is 22.2. The molecule has 0 saturated carbocycles. The van der Waals surface area contributed by atoms with Gasteiger partial charge in [0, 0.05) is 56.0 Å². The minimum atomic E-state index is 0.0183. The number of likely N-dealkylation sites (tertiary alicyclic amines) is 1. The summed E-state index contributed by atoms with van der Waals surface area (Å²) in [6.45, 7) is 5.60. The van der Waals surface area contributed by atoms with Crippen LogP contribution in [0.3, 0.4) is 0 Å². The van der Waals surface area contributed by atoms with Gasteiger partial charge >= 0.3 is 0 Å². The van der Waals surface area contributed by atoms with Crippen molar-refractivity contribution in [3.05, 3.63) is 46.3 Å². The van der Waals surface area contributed by atoms with Gasteiger partial charge in [-0.15, -0.1) is 0 Å². The number of hydrogen-bond donors (Lipinski definition) is 0. The van der Waals surface area contributed by atoms with Gasteiger partial charge in [-0.1, -0.05) is 0 Å². The van der Waals surface area contributed by atoms with E-state index >= 15 is 0 Å². The van der Waals surface area contributed by atoms with E-state index in [0.29, 0.717) is 24.8 Å². The number of pyridine rings is 1. The third kappa shape index (κ3) is 2.52. The average molecular weight is 324 g/mol. The van der Waals surface area contributed by atoms with Crippen molar-refractivity contribution in [2.45, 2.75) is 32.7 Å². The standard InChI is InChI=1S/C18H20N4O2/c1-11-19-4-3-16(20-11)14-6-17-15-5-13(8-21(10-15)12(2)23)9-22(17)18(24)7-14/h3-4,6-7,13,15H,5,8-10H2,1-2H3/t13-,15+/m0/s1. The molecule has 2 bridgehead atoms. The van der Waals surface area contributed by atoms with E-state index in [2.05, 4.69) is 16.0 Å². The summed E-state index contributed by atoms with van der Waals surface area (Å²) in [5, 5.41) is 0. The van der Waals surface area contributed by atoms with Crippen molar-refractivity contribution < 1.29 is 4.79 Å². The first-order valence-corrected chi connectivity index (χ1v) is 8.31. The van der Waals surface area contributed by atoms with Crippen LogP contribution in [0.15, 0.2) is 29.2 Å². The monoisotopic (exact) mass is 324 g/mol. The van der Waals surface area contributed by atoms with Gasteiger partial charge in [-0.2, -0.15) is 0 Å². The number of nitrogens with zero attached hydrogens (tertiary/aromatic N) is 4. The number of carbonyl (C=O) groups is 1. The van der Waals surface area contributed by atoms with Crippen molar-refractivity contribution in [1.29, 1.82) is 0 Å². The van der Waals surface area contributed by atoms with Crippen molar-refractivity contribution >= 4 is 5.91 Å². The fraction of sp³-hybridized carbons (Fsp3) is 0.444. The molecule has 1 saturated heterocycles. The van der Waals surface area contributed by atoms with E-state index < -0.39 is 0 Å². The van der Waals surface area contributed by atoms with Gasteiger partial charge in [-0.25, -0.2) is 9.97 Å². The molecule has 24 heavy (non-hydrogen) atoms. The Labute approximate surface area is 140 Å². The molecule has 6 heteroatoms. The van der Waals surface area contributed by atoms with Crippen molar-refractivity contribution in [3.63, 3.8) is 0 Å². The number of rotatable bonds is 1. The Morgan fingerprint density at radius 1 is 1.25 bits per heavy atom. The van der Waals surface area contributed by atoms with E-state index in [4.69, 9.17) is 0 Å². The molecule has 4 heterocycles. The Morgan fingerprint density at radius 3 is 2.83 bits per heavy atom. The molecule has 2 aromatic heterocycles. The second-order valence-electron chi connectivity index (χ2n) is 6.83. The summed E-state index contributed by atoms with van der Waals surface area (Å²) in [5.74, 6) is 1.39. The highest BCUT2D eigenvalue weighted by Gasteiger charge is 2.35. The molecule has 4 rings (SSSR count). The summed E-state index contributed by atoms with van der Waals surface area (Å²) in [5.41, 5.74) is 2.64. The van der Waals surface area contributed by atoms with Gasteiger partial charge in [0.1, 0.15) is 5.82 Å². The van der Waals surface area contributed by atoms with E-state index in [1.807, 2.05) is 22.5 Å². The number of piperidine rings is 1. The molecule has 2 aromatic rings. The van der Waals surface area contributed by atoms with Crippen molar-refractivity contribution in [2.75, 3.05) is 13.1 Å². The quantitative estimate of drug-likeness (QED) is 0.799. The molecule has 1 amide bonds. The Hall–Kier alpha value is -2.50. The second kappa shape index (κ2) is 5.54. The topological polar surface area (TPSA) is 68.1 Å². The summed E-state index contributed by atoms with van der Waals surface area (Å²) < 4.78 is 1.88. The molecule has 2 atom stereocenters. The van der Waals surface area contributed by atoms with Gasteiger partial charge in [0.15, 0.2) is 0 Å². The minimum Gasteiger partial charge on any atom is -0.342 e. The molecule has 0 aromatic carbocycles. The maximum Gasteiger partial charge on any atom is 0.251 e.